The second kappa shape index (κ2) is 8.84. The summed E-state index contributed by atoms with van der Waals surface area (Å²) >= 11 is 0. The van der Waals surface area contributed by atoms with Crippen molar-refractivity contribution in [2.45, 2.75) is 31.7 Å². The SMILES string of the molecule is CNc1nc([C@H]2CCCNC2)nc2c1CN(CC(=O)Nc1ccc(F)cc1)CC2. The van der Waals surface area contributed by atoms with Gasteiger partial charge in [-0.25, -0.2) is 14.4 Å². The Bertz CT molecular complexity index is 849. The van der Waals surface area contributed by atoms with E-state index in [2.05, 4.69) is 20.9 Å². The number of aromatic nitrogens is 2. The zero-order valence-corrected chi connectivity index (χ0v) is 16.7. The smallest absolute Gasteiger partial charge is 0.238 e. The number of nitrogens with zero attached hydrogens (tertiary/aromatic N) is 3. The lowest BCUT2D eigenvalue weighted by molar-refractivity contribution is -0.117. The zero-order chi connectivity index (χ0) is 20.2. The van der Waals surface area contributed by atoms with Crippen LogP contribution in [0.1, 0.15) is 35.8 Å². The highest BCUT2D eigenvalue weighted by molar-refractivity contribution is 5.92. The quantitative estimate of drug-likeness (QED) is 0.716. The largest absolute Gasteiger partial charge is 0.373 e. The Balaban J connectivity index is 1.43. The van der Waals surface area contributed by atoms with Crippen LogP contribution in [0.4, 0.5) is 15.9 Å². The highest BCUT2D eigenvalue weighted by Gasteiger charge is 2.26. The van der Waals surface area contributed by atoms with E-state index in [1.807, 2.05) is 7.05 Å². The second-order valence-electron chi connectivity index (χ2n) is 7.66. The molecule has 0 aliphatic carbocycles. The van der Waals surface area contributed by atoms with Crippen molar-refractivity contribution in [3.8, 4) is 0 Å². The second-order valence-corrected chi connectivity index (χ2v) is 7.66. The first-order valence-corrected chi connectivity index (χ1v) is 10.2. The van der Waals surface area contributed by atoms with Crippen molar-refractivity contribution in [3.63, 3.8) is 0 Å². The molecule has 1 aromatic carbocycles. The van der Waals surface area contributed by atoms with E-state index in [0.717, 1.165) is 61.8 Å². The predicted molar refractivity (Wildman–Crippen MR) is 110 cm³/mol. The van der Waals surface area contributed by atoms with Gasteiger partial charge >= 0.3 is 0 Å². The molecular formula is C21H27FN6O. The number of halogens is 1. The minimum atomic E-state index is -0.321. The van der Waals surface area contributed by atoms with Gasteiger partial charge in [-0.1, -0.05) is 0 Å². The first-order chi connectivity index (χ1) is 14.1. The molecule has 1 aromatic heterocycles. The lowest BCUT2D eigenvalue weighted by Gasteiger charge is -2.30. The summed E-state index contributed by atoms with van der Waals surface area (Å²) in [5, 5.41) is 9.47. The Morgan fingerprint density at radius 3 is 2.86 bits per heavy atom. The topological polar surface area (TPSA) is 82.2 Å². The van der Waals surface area contributed by atoms with Crippen LogP contribution in [0.5, 0.6) is 0 Å². The number of carbonyl (C=O) groups is 1. The van der Waals surface area contributed by atoms with Crippen molar-refractivity contribution >= 4 is 17.4 Å². The van der Waals surface area contributed by atoms with Gasteiger partial charge in [-0.05, 0) is 43.7 Å². The zero-order valence-electron chi connectivity index (χ0n) is 16.7. The third kappa shape index (κ3) is 4.71. The molecule has 0 spiro atoms. The van der Waals surface area contributed by atoms with Crippen LogP contribution in [0.3, 0.4) is 0 Å². The van der Waals surface area contributed by atoms with Crippen molar-refractivity contribution in [1.29, 1.82) is 0 Å². The Morgan fingerprint density at radius 1 is 1.31 bits per heavy atom. The standard InChI is InChI=1S/C21H27FN6O/c1-23-21-17-12-28(13-19(29)25-16-6-4-15(22)5-7-16)10-8-18(17)26-20(27-21)14-3-2-9-24-11-14/h4-7,14,24H,2-3,8-13H2,1H3,(H,25,29)(H,23,26,27)/t14-/m0/s1. The summed E-state index contributed by atoms with van der Waals surface area (Å²) in [5.41, 5.74) is 2.75. The first-order valence-electron chi connectivity index (χ1n) is 10.2. The van der Waals surface area contributed by atoms with Gasteiger partial charge in [-0.15, -0.1) is 0 Å². The fourth-order valence-electron chi connectivity index (χ4n) is 4.02. The van der Waals surface area contributed by atoms with Crippen molar-refractivity contribution in [2.75, 3.05) is 43.9 Å². The summed E-state index contributed by atoms with van der Waals surface area (Å²) < 4.78 is 13.0. The fourth-order valence-corrected chi connectivity index (χ4v) is 4.02. The molecule has 154 valence electrons. The number of hydrogen-bond donors (Lipinski definition) is 3. The summed E-state index contributed by atoms with van der Waals surface area (Å²) in [5.74, 6) is 1.71. The van der Waals surface area contributed by atoms with E-state index < -0.39 is 0 Å². The van der Waals surface area contributed by atoms with Gasteiger partial charge in [-0.3, -0.25) is 9.69 Å². The number of fused-ring (bicyclic) bond motifs is 1. The Hall–Kier alpha value is -2.58. The van der Waals surface area contributed by atoms with Crippen LogP contribution < -0.4 is 16.0 Å². The molecule has 1 atom stereocenters. The Kier molecular flexibility index (Phi) is 6.01. The molecule has 1 fully saturated rings. The average molecular weight is 398 g/mol. The predicted octanol–water partition coefficient (Wildman–Crippen LogP) is 2.12. The molecule has 0 unspecified atom stereocenters. The van der Waals surface area contributed by atoms with Crippen molar-refractivity contribution < 1.29 is 9.18 Å². The van der Waals surface area contributed by atoms with E-state index in [-0.39, 0.29) is 18.3 Å². The Morgan fingerprint density at radius 2 is 2.14 bits per heavy atom. The highest BCUT2D eigenvalue weighted by Crippen LogP contribution is 2.28. The maximum atomic E-state index is 13.0. The van der Waals surface area contributed by atoms with Gasteiger partial charge in [0.1, 0.15) is 17.5 Å². The number of nitrogens with one attached hydrogen (secondary N) is 3. The highest BCUT2D eigenvalue weighted by atomic mass is 19.1. The molecule has 4 rings (SSSR count). The van der Waals surface area contributed by atoms with E-state index >= 15 is 0 Å². The van der Waals surface area contributed by atoms with Crippen LogP contribution in [0, 0.1) is 5.82 Å². The summed E-state index contributed by atoms with van der Waals surface area (Å²) in [6.45, 7) is 3.67. The third-order valence-corrected chi connectivity index (χ3v) is 5.55. The van der Waals surface area contributed by atoms with Gasteiger partial charge in [-0.2, -0.15) is 0 Å². The number of piperidine rings is 1. The van der Waals surface area contributed by atoms with E-state index in [1.165, 1.54) is 12.1 Å². The fraction of sp³-hybridized carbons (Fsp3) is 0.476. The molecule has 2 aliphatic rings. The molecule has 8 heteroatoms. The summed E-state index contributed by atoms with van der Waals surface area (Å²) in [6.07, 6.45) is 3.06. The van der Waals surface area contributed by atoms with Crippen molar-refractivity contribution in [3.05, 3.63) is 47.2 Å². The van der Waals surface area contributed by atoms with Crippen LogP contribution in [0.2, 0.25) is 0 Å². The van der Waals surface area contributed by atoms with Gasteiger partial charge in [0.25, 0.3) is 0 Å². The third-order valence-electron chi connectivity index (χ3n) is 5.55. The number of rotatable bonds is 5. The minimum Gasteiger partial charge on any atom is -0.373 e. The van der Waals surface area contributed by atoms with Crippen molar-refractivity contribution in [1.82, 2.24) is 20.2 Å². The molecule has 3 N–H and O–H groups in total. The number of hydrogen-bond acceptors (Lipinski definition) is 6. The molecule has 0 radical (unpaired) electrons. The van der Waals surface area contributed by atoms with Crippen molar-refractivity contribution in [2.24, 2.45) is 0 Å². The molecule has 0 saturated carbocycles. The van der Waals surface area contributed by atoms with Gasteiger partial charge < -0.3 is 16.0 Å². The van der Waals surface area contributed by atoms with E-state index in [1.54, 1.807) is 12.1 Å². The van der Waals surface area contributed by atoms with E-state index in [0.29, 0.717) is 18.2 Å². The van der Waals surface area contributed by atoms with Crippen LogP contribution in [0.15, 0.2) is 24.3 Å². The number of benzene rings is 1. The summed E-state index contributed by atoms with van der Waals surface area (Å²) in [4.78, 5) is 24.2. The lowest BCUT2D eigenvalue weighted by Crippen LogP contribution is -2.38. The van der Waals surface area contributed by atoms with E-state index in [4.69, 9.17) is 9.97 Å². The average Bonchev–Trinajstić information content (AvgIpc) is 2.75. The van der Waals surface area contributed by atoms with Gasteiger partial charge in [0.15, 0.2) is 0 Å². The molecule has 3 heterocycles. The molecule has 2 aliphatic heterocycles. The number of amides is 1. The normalized spacial score (nSPS) is 19.4. The van der Waals surface area contributed by atoms with Crippen LogP contribution in [-0.2, 0) is 17.8 Å². The molecule has 29 heavy (non-hydrogen) atoms. The summed E-state index contributed by atoms with van der Waals surface area (Å²) in [7, 11) is 1.88. The maximum absolute atomic E-state index is 13.0. The molecule has 0 bridgehead atoms. The Labute approximate surface area is 170 Å². The molecule has 1 amide bonds. The summed E-state index contributed by atoms with van der Waals surface area (Å²) in [6, 6.07) is 5.80. The first kappa shape index (κ1) is 19.7. The molecule has 7 nitrogen and oxygen atoms in total. The van der Waals surface area contributed by atoms with Gasteiger partial charge in [0.2, 0.25) is 5.91 Å². The maximum Gasteiger partial charge on any atom is 0.238 e. The number of carbonyl (C=O) groups excluding carboxylic acids is 1. The van der Waals surface area contributed by atoms with Gasteiger partial charge in [0, 0.05) is 50.3 Å². The molecular weight excluding hydrogens is 371 g/mol. The monoisotopic (exact) mass is 398 g/mol. The van der Waals surface area contributed by atoms with Crippen LogP contribution >= 0.6 is 0 Å². The molecule has 2 aromatic rings. The molecule has 1 saturated heterocycles. The van der Waals surface area contributed by atoms with Gasteiger partial charge in [0.05, 0.1) is 12.2 Å². The van der Waals surface area contributed by atoms with Crippen LogP contribution in [0.25, 0.3) is 0 Å². The van der Waals surface area contributed by atoms with Crippen LogP contribution in [-0.4, -0.2) is 54.0 Å². The minimum absolute atomic E-state index is 0.114. The van der Waals surface area contributed by atoms with E-state index in [9.17, 15) is 9.18 Å². The lowest BCUT2D eigenvalue weighted by atomic mass is 9.97. The number of anilines is 2.